The van der Waals surface area contributed by atoms with Gasteiger partial charge in [0.15, 0.2) is 5.70 Å². The molecular weight excluding hydrogens is 321 g/mol. The van der Waals surface area contributed by atoms with Gasteiger partial charge in [-0.15, -0.1) is 0 Å². The molecule has 2 aromatic rings. The summed E-state index contributed by atoms with van der Waals surface area (Å²) >= 11 is 6.04. The molecule has 0 N–H and O–H groups in total. The Morgan fingerprint density at radius 3 is 2.74 bits per heavy atom. The molecule has 116 valence electrons. The zero-order valence-corrected chi connectivity index (χ0v) is 12.8. The number of aliphatic imine (C=N–C) groups is 1. The molecule has 4 nitrogen and oxygen atoms in total. The number of hydrogen-bond donors (Lipinski definition) is 0. The zero-order valence-electron chi connectivity index (χ0n) is 12.0. The molecule has 0 unspecified atom stereocenters. The summed E-state index contributed by atoms with van der Waals surface area (Å²) in [4.78, 5) is 16.0. The van der Waals surface area contributed by atoms with Crippen molar-refractivity contribution in [3.05, 3.63) is 70.1 Å². The monoisotopic (exact) mass is 331 g/mol. The number of esters is 1. The molecule has 23 heavy (non-hydrogen) atoms. The van der Waals surface area contributed by atoms with Crippen molar-refractivity contribution in [1.29, 1.82) is 0 Å². The lowest BCUT2D eigenvalue weighted by Gasteiger charge is -2.03. The Bertz CT molecular complexity index is 845. The number of nitrogens with zero attached hydrogens (tertiary/aromatic N) is 1. The van der Waals surface area contributed by atoms with Crippen LogP contribution in [0, 0.1) is 5.82 Å². The number of ether oxygens (including phenoxy) is 2. The largest absolute Gasteiger partial charge is 0.495 e. The molecule has 0 saturated carbocycles. The summed E-state index contributed by atoms with van der Waals surface area (Å²) in [6.45, 7) is 0. The van der Waals surface area contributed by atoms with E-state index >= 15 is 0 Å². The molecule has 1 heterocycles. The summed E-state index contributed by atoms with van der Waals surface area (Å²) in [6, 6.07) is 11.0. The third-order valence-corrected chi connectivity index (χ3v) is 3.50. The maximum Gasteiger partial charge on any atom is 0.363 e. The van der Waals surface area contributed by atoms with Gasteiger partial charge < -0.3 is 9.47 Å². The molecule has 0 saturated heterocycles. The van der Waals surface area contributed by atoms with Crippen molar-refractivity contribution < 1.29 is 18.7 Å². The lowest BCUT2D eigenvalue weighted by Crippen LogP contribution is -2.07. The summed E-state index contributed by atoms with van der Waals surface area (Å²) in [6.07, 6.45) is 1.52. The van der Waals surface area contributed by atoms with Gasteiger partial charge in [-0.05, 0) is 35.9 Å². The molecule has 2 aromatic carbocycles. The van der Waals surface area contributed by atoms with Crippen LogP contribution in [0.15, 0.2) is 53.2 Å². The topological polar surface area (TPSA) is 47.9 Å². The van der Waals surface area contributed by atoms with Gasteiger partial charge in [0.1, 0.15) is 11.6 Å². The van der Waals surface area contributed by atoms with Crippen molar-refractivity contribution in [3.8, 4) is 5.75 Å². The second-order valence-corrected chi connectivity index (χ2v) is 5.12. The first-order chi connectivity index (χ1) is 11.1. The summed E-state index contributed by atoms with van der Waals surface area (Å²) in [5.41, 5.74) is 0.864. The van der Waals surface area contributed by atoms with Gasteiger partial charge in [0, 0.05) is 0 Å². The Balaban J connectivity index is 1.95. The van der Waals surface area contributed by atoms with Gasteiger partial charge in [-0.1, -0.05) is 29.8 Å². The Hall–Kier alpha value is -2.66. The van der Waals surface area contributed by atoms with Crippen LogP contribution < -0.4 is 4.74 Å². The van der Waals surface area contributed by atoms with Gasteiger partial charge in [0.05, 0.1) is 17.7 Å². The van der Waals surface area contributed by atoms with E-state index in [2.05, 4.69) is 4.99 Å². The molecule has 0 radical (unpaired) electrons. The quantitative estimate of drug-likeness (QED) is 0.634. The van der Waals surface area contributed by atoms with E-state index in [0.717, 1.165) is 0 Å². The molecule has 6 heteroatoms. The first-order valence-electron chi connectivity index (χ1n) is 6.69. The minimum atomic E-state index is -0.643. The third kappa shape index (κ3) is 3.10. The zero-order chi connectivity index (χ0) is 16.4. The van der Waals surface area contributed by atoms with E-state index < -0.39 is 11.8 Å². The number of halogens is 2. The van der Waals surface area contributed by atoms with E-state index in [9.17, 15) is 9.18 Å². The van der Waals surface area contributed by atoms with Crippen molar-refractivity contribution in [1.82, 2.24) is 0 Å². The fourth-order valence-electron chi connectivity index (χ4n) is 2.09. The highest BCUT2D eigenvalue weighted by molar-refractivity contribution is 6.32. The highest BCUT2D eigenvalue weighted by Crippen LogP contribution is 2.27. The molecule has 0 fully saturated rings. The van der Waals surface area contributed by atoms with Crippen LogP contribution >= 0.6 is 11.6 Å². The number of carbonyl (C=O) groups excluding carboxylic acids is 1. The lowest BCUT2D eigenvalue weighted by atomic mass is 10.2. The maximum absolute atomic E-state index is 13.7. The predicted octanol–water partition coefficient (Wildman–Crippen LogP) is 3.83. The van der Waals surface area contributed by atoms with Gasteiger partial charge in [-0.2, -0.15) is 0 Å². The molecule has 0 aliphatic carbocycles. The Kier molecular flexibility index (Phi) is 4.12. The number of carbonyl (C=O) groups is 1. The van der Waals surface area contributed by atoms with E-state index in [-0.39, 0.29) is 17.2 Å². The Morgan fingerprint density at radius 1 is 1.26 bits per heavy atom. The van der Waals surface area contributed by atoms with Crippen LogP contribution in [0.25, 0.3) is 6.08 Å². The van der Waals surface area contributed by atoms with Crippen LogP contribution in [0.4, 0.5) is 4.39 Å². The number of methoxy groups -OCH3 is 1. The first-order valence-corrected chi connectivity index (χ1v) is 7.07. The fourth-order valence-corrected chi connectivity index (χ4v) is 2.36. The summed E-state index contributed by atoms with van der Waals surface area (Å²) in [5, 5.41) is 0.409. The molecule has 3 rings (SSSR count). The Labute approximate surface area is 136 Å². The van der Waals surface area contributed by atoms with Gasteiger partial charge in [0.25, 0.3) is 0 Å². The summed E-state index contributed by atoms with van der Waals surface area (Å²) < 4.78 is 23.8. The number of benzene rings is 2. The third-order valence-electron chi connectivity index (χ3n) is 3.20. The fraction of sp³-hybridized carbons (Fsp3) is 0.0588. The van der Waals surface area contributed by atoms with Crippen molar-refractivity contribution in [2.24, 2.45) is 4.99 Å². The van der Waals surface area contributed by atoms with Crippen molar-refractivity contribution in [3.63, 3.8) is 0 Å². The Morgan fingerprint density at radius 2 is 2.04 bits per heavy atom. The average molecular weight is 332 g/mol. The van der Waals surface area contributed by atoms with Crippen LogP contribution in [-0.4, -0.2) is 19.0 Å². The number of cyclic esters (lactones) is 1. The molecule has 0 spiro atoms. The molecular formula is C17H11ClFNO3. The standard InChI is InChI=1S/C17H11ClFNO3/c1-22-15-7-6-10(8-12(15)18)9-14-17(21)23-16(20-14)11-4-2-3-5-13(11)19/h2-9H,1H3/b14-9+. The van der Waals surface area contributed by atoms with Gasteiger partial charge >= 0.3 is 5.97 Å². The van der Waals surface area contributed by atoms with Crippen molar-refractivity contribution in [2.75, 3.05) is 7.11 Å². The van der Waals surface area contributed by atoms with Crippen LogP contribution in [0.1, 0.15) is 11.1 Å². The molecule has 0 bridgehead atoms. The predicted molar refractivity (Wildman–Crippen MR) is 85.0 cm³/mol. The van der Waals surface area contributed by atoms with Gasteiger partial charge in [-0.25, -0.2) is 14.2 Å². The molecule has 0 atom stereocenters. The van der Waals surface area contributed by atoms with Gasteiger partial charge in [-0.3, -0.25) is 0 Å². The summed E-state index contributed by atoms with van der Waals surface area (Å²) in [7, 11) is 1.51. The average Bonchev–Trinajstić information content (AvgIpc) is 2.89. The van der Waals surface area contributed by atoms with E-state index in [1.54, 1.807) is 30.3 Å². The molecule has 1 aliphatic rings. The van der Waals surface area contributed by atoms with Crippen molar-refractivity contribution in [2.45, 2.75) is 0 Å². The van der Waals surface area contributed by atoms with Crippen LogP contribution in [0.5, 0.6) is 5.75 Å². The van der Waals surface area contributed by atoms with Crippen LogP contribution in [-0.2, 0) is 9.53 Å². The lowest BCUT2D eigenvalue weighted by molar-refractivity contribution is -0.129. The molecule has 1 aliphatic heterocycles. The first kappa shape index (κ1) is 15.2. The van der Waals surface area contributed by atoms with Crippen molar-refractivity contribution >= 4 is 29.5 Å². The normalized spacial score (nSPS) is 15.5. The number of rotatable bonds is 3. The van der Waals surface area contributed by atoms with Crippen LogP contribution in [0.2, 0.25) is 5.02 Å². The summed E-state index contributed by atoms with van der Waals surface area (Å²) in [5.74, 6) is -0.680. The number of hydrogen-bond acceptors (Lipinski definition) is 4. The van der Waals surface area contributed by atoms with E-state index in [4.69, 9.17) is 21.1 Å². The minimum absolute atomic E-state index is 0.0565. The highest BCUT2D eigenvalue weighted by atomic mass is 35.5. The van der Waals surface area contributed by atoms with Crippen LogP contribution in [0.3, 0.4) is 0 Å². The molecule has 0 amide bonds. The van der Waals surface area contributed by atoms with E-state index in [1.165, 1.54) is 25.3 Å². The minimum Gasteiger partial charge on any atom is -0.495 e. The second kappa shape index (κ2) is 6.22. The van der Waals surface area contributed by atoms with Gasteiger partial charge in [0.2, 0.25) is 5.90 Å². The highest BCUT2D eigenvalue weighted by Gasteiger charge is 2.25. The van der Waals surface area contributed by atoms with E-state index in [1.807, 2.05) is 0 Å². The second-order valence-electron chi connectivity index (χ2n) is 4.71. The molecule has 0 aromatic heterocycles. The maximum atomic E-state index is 13.7. The smallest absolute Gasteiger partial charge is 0.363 e. The van der Waals surface area contributed by atoms with E-state index in [0.29, 0.717) is 16.3 Å². The SMILES string of the molecule is COc1ccc(/C=C2/N=C(c3ccccc3F)OC2=O)cc1Cl.